The highest BCUT2D eigenvalue weighted by atomic mass is 17.2. The van der Waals surface area contributed by atoms with Gasteiger partial charge in [-0.25, -0.2) is 19.4 Å². The van der Waals surface area contributed by atoms with E-state index >= 15 is 0 Å². The molecule has 0 amide bonds. The van der Waals surface area contributed by atoms with Gasteiger partial charge in [-0.15, -0.1) is 0 Å². The van der Waals surface area contributed by atoms with Gasteiger partial charge in [0.2, 0.25) is 0 Å². The summed E-state index contributed by atoms with van der Waals surface area (Å²) >= 11 is 0. The summed E-state index contributed by atoms with van der Waals surface area (Å²) < 4.78 is 0. The molecule has 0 N–H and O–H groups in total. The molecule has 0 unspecified atom stereocenters. The largest absolute Gasteiger partial charge is 0.386 e. The van der Waals surface area contributed by atoms with Crippen LogP contribution in [0.5, 0.6) is 0 Å². The third-order valence-corrected chi connectivity index (χ3v) is 2.46. The second-order valence-corrected chi connectivity index (χ2v) is 3.89. The Morgan fingerprint density at radius 1 is 0.789 bits per heavy atom. The number of hydrogen-bond donors (Lipinski definition) is 0. The topological polar surface area (TPSA) is 52.6 Å². The van der Waals surface area contributed by atoms with Gasteiger partial charge in [0.05, 0.1) is 5.56 Å². The van der Waals surface area contributed by atoms with Gasteiger partial charge in [0, 0.05) is 6.92 Å². The molecule has 0 saturated heterocycles. The molecule has 0 radical (unpaired) electrons. The van der Waals surface area contributed by atoms with Crippen molar-refractivity contribution in [3.05, 3.63) is 60.2 Å². The second-order valence-electron chi connectivity index (χ2n) is 3.89. The maximum Gasteiger partial charge on any atom is 0.386 e. The molecule has 96 valence electrons. The zero-order valence-electron chi connectivity index (χ0n) is 10.3. The molecule has 0 spiro atoms. The molecule has 0 fully saturated rings. The number of hydrogen-bond acceptors (Lipinski definition) is 4. The van der Waals surface area contributed by atoms with Crippen molar-refractivity contribution in [2.45, 2.75) is 6.92 Å². The number of carbonyl (C=O) groups is 2. The number of benzene rings is 2. The summed E-state index contributed by atoms with van der Waals surface area (Å²) in [7, 11) is 0. The van der Waals surface area contributed by atoms with Crippen molar-refractivity contribution in [2.24, 2.45) is 0 Å². The maximum atomic E-state index is 11.5. The quantitative estimate of drug-likeness (QED) is 0.612. The molecule has 0 heterocycles. The first-order chi connectivity index (χ1) is 9.16. The molecule has 2 aromatic rings. The van der Waals surface area contributed by atoms with Gasteiger partial charge in [-0.05, 0) is 23.3 Å². The Kier molecular flexibility index (Phi) is 3.93. The van der Waals surface area contributed by atoms with Gasteiger partial charge >= 0.3 is 11.9 Å². The van der Waals surface area contributed by atoms with E-state index in [9.17, 15) is 9.59 Å². The molecule has 0 saturated carbocycles. The Morgan fingerprint density at radius 2 is 1.37 bits per heavy atom. The van der Waals surface area contributed by atoms with Gasteiger partial charge in [-0.3, -0.25) is 0 Å². The van der Waals surface area contributed by atoms with E-state index in [1.54, 1.807) is 24.3 Å². The van der Waals surface area contributed by atoms with Crippen molar-refractivity contribution >= 4 is 11.9 Å². The van der Waals surface area contributed by atoms with Crippen molar-refractivity contribution in [3.63, 3.8) is 0 Å². The van der Waals surface area contributed by atoms with Crippen LogP contribution in [0, 0.1) is 0 Å². The van der Waals surface area contributed by atoms with Gasteiger partial charge in [0.15, 0.2) is 0 Å². The highest BCUT2D eigenvalue weighted by Gasteiger charge is 2.10. The Bertz CT molecular complexity index is 573. The SMILES string of the molecule is CC(=O)OOC(=O)c1ccc(-c2ccccc2)cc1. The summed E-state index contributed by atoms with van der Waals surface area (Å²) in [6.45, 7) is 1.16. The van der Waals surface area contributed by atoms with Crippen LogP contribution in [0.4, 0.5) is 0 Å². The highest BCUT2D eigenvalue weighted by molar-refractivity contribution is 5.90. The van der Waals surface area contributed by atoms with Crippen molar-refractivity contribution in [2.75, 3.05) is 0 Å². The van der Waals surface area contributed by atoms with Gasteiger partial charge < -0.3 is 0 Å². The van der Waals surface area contributed by atoms with Crippen LogP contribution < -0.4 is 0 Å². The Labute approximate surface area is 110 Å². The molecule has 19 heavy (non-hydrogen) atoms. The second kappa shape index (κ2) is 5.82. The number of carbonyl (C=O) groups excluding carboxylic acids is 2. The third-order valence-electron chi connectivity index (χ3n) is 2.46. The van der Waals surface area contributed by atoms with Crippen LogP contribution in [0.25, 0.3) is 11.1 Å². The van der Waals surface area contributed by atoms with Gasteiger partial charge in [0.25, 0.3) is 0 Å². The lowest BCUT2D eigenvalue weighted by atomic mass is 10.0. The first-order valence-corrected chi connectivity index (χ1v) is 5.72. The predicted octanol–water partition coefficient (Wildman–Crippen LogP) is 2.99. The van der Waals surface area contributed by atoms with Crippen LogP contribution in [0.1, 0.15) is 17.3 Å². The van der Waals surface area contributed by atoms with Crippen molar-refractivity contribution < 1.29 is 19.4 Å². The third kappa shape index (κ3) is 3.42. The molecule has 2 rings (SSSR count). The maximum absolute atomic E-state index is 11.5. The average Bonchev–Trinajstić information content (AvgIpc) is 2.46. The summed E-state index contributed by atoms with van der Waals surface area (Å²) in [5.41, 5.74) is 2.37. The molecule has 0 aliphatic carbocycles. The first kappa shape index (κ1) is 12.8. The van der Waals surface area contributed by atoms with Crippen molar-refractivity contribution in [1.29, 1.82) is 0 Å². The summed E-state index contributed by atoms with van der Waals surface area (Å²) in [6, 6.07) is 16.6. The zero-order valence-corrected chi connectivity index (χ0v) is 10.3. The summed E-state index contributed by atoms with van der Waals surface area (Å²) in [5, 5.41) is 0. The van der Waals surface area contributed by atoms with E-state index in [1.807, 2.05) is 30.3 Å². The smallest absolute Gasteiger partial charge is 0.248 e. The van der Waals surface area contributed by atoms with Gasteiger partial charge in [-0.2, -0.15) is 0 Å². The minimum atomic E-state index is -0.699. The molecule has 0 atom stereocenters. The molecule has 0 aliphatic rings. The molecule has 2 aromatic carbocycles. The van der Waals surface area contributed by atoms with E-state index in [4.69, 9.17) is 0 Å². The van der Waals surface area contributed by atoms with E-state index in [1.165, 1.54) is 0 Å². The highest BCUT2D eigenvalue weighted by Crippen LogP contribution is 2.19. The van der Waals surface area contributed by atoms with E-state index in [-0.39, 0.29) is 0 Å². The van der Waals surface area contributed by atoms with Crippen LogP contribution in [0.2, 0.25) is 0 Å². The predicted molar refractivity (Wildman–Crippen MR) is 69.1 cm³/mol. The van der Waals surface area contributed by atoms with Gasteiger partial charge in [0.1, 0.15) is 0 Å². The monoisotopic (exact) mass is 256 g/mol. The molecular weight excluding hydrogens is 244 g/mol. The Hall–Kier alpha value is -2.62. The Balaban J connectivity index is 2.10. The fourth-order valence-corrected chi connectivity index (χ4v) is 1.57. The van der Waals surface area contributed by atoms with Crippen LogP contribution in [0.3, 0.4) is 0 Å². The van der Waals surface area contributed by atoms with Crippen molar-refractivity contribution in [1.82, 2.24) is 0 Å². The molecule has 0 aromatic heterocycles. The molecular formula is C15H12O4. The lowest BCUT2D eigenvalue weighted by molar-refractivity contribution is -0.231. The zero-order chi connectivity index (χ0) is 13.7. The first-order valence-electron chi connectivity index (χ1n) is 5.72. The Morgan fingerprint density at radius 3 is 1.95 bits per heavy atom. The number of rotatable bonds is 2. The lowest BCUT2D eigenvalue weighted by Gasteiger charge is -2.03. The normalized spacial score (nSPS) is 9.74. The summed E-state index contributed by atoms with van der Waals surface area (Å²) in [5.74, 6) is -1.37. The van der Waals surface area contributed by atoms with Crippen LogP contribution in [-0.2, 0) is 14.6 Å². The fraction of sp³-hybridized carbons (Fsp3) is 0.0667. The van der Waals surface area contributed by atoms with Crippen LogP contribution in [0.15, 0.2) is 54.6 Å². The van der Waals surface area contributed by atoms with Crippen molar-refractivity contribution in [3.8, 4) is 11.1 Å². The molecule has 0 bridgehead atoms. The van der Waals surface area contributed by atoms with E-state index in [0.717, 1.165) is 18.1 Å². The summed E-state index contributed by atoms with van der Waals surface area (Å²) in [4.78, 5) is 30.5. The van der Waals surface area contributed by atoms with Crippen LogP contribution >= 0.6 is 0 Å². The average molecular weight is 256 g/mol. The van der Waals surface area contributed by atoms with E-state index < -0.39 is 11.9 Å². The van der Waals surface area contributed by atoms with Crippen LogP contribution in [-0.4, -0.2) is 11.9 Å². The lowest BCUT2D eigenvalue weighted by Crippen LogP contribution is -2.08. The van der Waals surface area contributed by atoms with E-state index in [0.29, 0.717) is 5.56 Å². The van der Waals surface area contributed by atoms with Gasteiger partial charge in [-0.1, -0.05) is 42.5 Å². The molecule has 4 heteroatoms. The minimum Gasteiger partial charge on any atom is -0.248 e. The standard InChI is InChI=1S/C15H12O4/c1-11(16)18-19-15(17)14-9-7-13(8-10-14)12-5-3-2-4-6-12/h2-10H,1H3. The molecule has 0 aliphatic heterocycles. The fourth-order valence-electron chi connectivity index (χ4n) is 1.57. The van der Waals surface area contributed by atoms with E-state index in [2.05, 4.69) is 9.78 Å². The molecule has 4 nitrogen and oxygen atoms in total. The minimum absolute atomic E-state index is 0.320. The summed E-state index contributed by atoms with van der Waals surface area (Å²) in [6.07, 6.45) is 0.